The SMILES string of the molecule is C#C.OC1CCCC(CN2Cc3cccnc3Nc3ccccc32)CC1. The van der Waals surface area contributed by atoms with E-state index in [4.69, 9.17) is 0 Å². The molecule has 0 radical (unpaired) electrons. The highest BCUT2D eigenvalue weighted by molar-refractivity contribution is 5.77. The van der Waals surface area contributed by atoms with Gasteiger partial charge in [-0.25, -0.2) is 4.98 Å². The normalized spacial score (nSPS) is 21.7. The van der Waals surface area contributed by atoms with Crippen molar-refractivity contribution in [2.24, 2.45) is 5.92 Å². The Morgan fingerprint density at radius 1 is 1.08 bits per heavy atom. The first-order valence-corrected chi connectivity index (χ1v) is 9.36. The minimum atomic E-state index is -0.0991. The highest BCUT2D eigenvalue weighted by atomic mass is 16.3. The molecule has 1 aliphatic carbocycles. The fourth-order valence-electron chi connectivity index (χ4n) is 3.97. The zero-order valence-corrected chi connectivity index (χ0v) is 15.1. The number of aliphatic hydroxyl groups is 1. The molecule has 1 saturated carbocycles. The maximum Gasteiger partial charge on any atom is 0.135 e. The maximum absolute atomic E-state index is 9.91. The minimum absolute atomic E-state index is 0.0991. The molecule has 2 N–H and O–H groups in total. The third-order valence-corrected chi connectivity index (χ3v) is 5.29. The van der Waals surface area contributed by atoms with Crippen molar-refractivity contribution in [2.45, 2.75) is 44.8 Å². The number of anilines is 3. The number of terminal acetylenes is 1. The summed E-state index contributed by atoms with van der Waals surface area (Å²) < 4.78 is 0. The Morgan fingerprint density at radius 3 is 2.81 bits per heavy atom. The number of hydrogen-bond donors (Lipinski definition) is 2. The molecule has 2 aromatic rings. The van der Waals surface area contributed by atoms with Gasteiger partial charge in [-0.05, 0) is 49.8 Å². The molecule has 4 nitrogen and oxygen atoms in total. The van der Waals surface area contributed by atoms with Gasteiger partial charge in [-0.15, -0.1) is 12.8 Å². The van der Waals surface area contributed by atoms with Crippen LogP contribution in [0, 0.1) is 18.8 Å². The average Bonchev–Trinajstić information content (AvgIpc) is 2.98. The molecule has 2 unspecified atom stereocenters. The number of nitrogens with zero attached hydrogens (tertiary/aromatic N) is 2. The monoisotopic (exact) mass is 349 g/mol. The largest absolute Gasteiger partial charge is 0.393 e. The number of benzene rings is 1. The summed E-state index contributed by atoms with van der Waals surface area (Å²) >= 11 is 0. The zero-order chi connectivity index (χ0) is 18.4. The molecule has 1 aliphatic heterocycles. The quantitative estimate of drug-likeness (QED) is 0.626. The van der Waals surface area contributed by atoms with Gasteiger partial charge in [-0.1, -0.05) is 24.6 Å². The summed E-state index contributed by atoms with van der Waals surface area (Å²) in [5.74, 6) is 1.61. The van der Waals surface area contributed by atoms with Crippen LogP contribution in [0.3, 0.4) is 0 Å². The number of fused-ring (bicyclic) bond motifs is 2. The van der Waals surface area contributed by atoms with Gasteiger partial charge in [-0.2, -0.15) is 0 Å². The molecule has 4 heteroatoms. The van der Waals surface area contributed by atoms with Crippen LogP contribution in [0.2, 0.25) is 0 Å². The summed E-state index contributed by atoms with van der Waals surface area (Å²) in [6.07, 6.45) is 15.1. The van der Waals surface area contributed by atoms with Crippen molar-refractivity contribution in [3.63, 3.8) is 0 Å². The van der Waals surface area contributed by atoms with E-state index in [0.717, 1.165) is 50.3 Å². The minimum Gasteiger partial charge on any atom is -0.393 e. The van der Waals surface area contributed by atoms with Gasteiger partial charge in [0.2, 0.25) is 0 Å². The number of rotatable bonds is 2. The highest BCUT2D eigenvalue weighted by Crippen LogP contribution is 2.36. The molecule has 4 rings (SSSR count). The molecule has 136 valence electrons. The molecule has 0 saturated heterocycles. The fraction of sp³-hybridized carbons (Fsp3) is 0.409. The zero-order valence-electron chi connectivity index (χ0n) is 15.1. The third kappa shape index (κ3) is 4.17. The Labute approximate surface area is 156 Å². The Bertz CT molecular complexity index is 743. The van der Waals surface area contributed by atoms with Crippen molar-refractivity contribution in [1.29, 1.82) is 0 Å². The third-order valence-electron chi connectivity index (χ3n) is 5.29. The Kier molecular flexibility index (Phi) is 6.14. The van der Waals surface area contributed by atoms with Crippen molar-refractivity contribution >= 4 is 17.2 Å². The maximum atomic E-state index is 9.91. The van der Waals surface area contributed by atoms with E-state index < -0.39 is 0 Å². The molecule has 2 aliphatic rings. The van der Waals surface area contributed by atoms with Crippen LogP contribution < -0.4 is 10.2 Å². The Morgan fingerprint density at radius 2 is 1.92 bits per heavy atom. The number of aliphatic hydroxyl groups excluding tert-OH is 1. The molecule has 1 aromatic heterocycles. The van der Waals surface area contributed by atoms with Gasteiger partial charge in [0.1, 0.15) is 5.82 Å². The molecule has 2 heterocycles. The molecular weight excluding hydrogens is 322 g/mol. The van der Waals surface area contributed by atoms with Gasteiger partial charge < -0.3 is 15.3 Å². The molecule has 0 bridgehead atoms. The predicted octanol–water partition coefficient (Wildman–Crippen LogP) is 4.34. The topological polar surface area (TPSA) is 48.4 Å². The van der Waals surface area contributed by atoms with E-state index in [1.807, 2.05) is 12.3 Å². The van der Waals surface area contributed by atoms with Crippen LogP contribution in [0.1, 0.15) is 37.7 Å². The van der Waals surface area contributed by atoms with Crippen LogP contribution in [-0.4, -0.2) is 22.7 Å². The van der Waals surface area contributed by atoms with E-state index in [-0.39, 0.29) is 6.10 Å². The van der Waals surface area contributed by atoms with Gasteiger partial charge in [0.15, 0.2) is 0 Å². The van der Waals surface area contributed by atoms with E-state index in [2.05, 4.69) is 58.4 Å². The number of hydrogen-bond acceptors (Lipinski definition) is 4. The van der Waals surface area contributed by atoms with Crippen LogP contribution in [0.4, 0.5) is 17.2 Å². The molecule has 26 heavy (non-hydrogen) atoms. The summed E-state index contributed by atoms with van der Waals surface area (Å²) in [5, 5.41) is 13.4. The Hall–Kier alpha value is -2.51. The molecule has 0 spiro atoms. The van der Waals surface area contributed by atoms with Crippen LogP contribution in [-0.2, 0) is 6.54 Å². The van der Waals surface area contributed by atoms with Crippen molar-refractivity contribution < 1.29 is 5.11 Å². The number of aromatic nitrogens is 1. The second kappa shape index (κ2) is 8.73. The molecule has 0 amide bonds. The van der Waals surface area contributed by atoms with Crippen LogP contribution in [0.25, 0.3) is 0 Å². The van der Waals surface area contributed by atoms with E-state index >= 15 is 0 Å². The lowest BCUT2D eigenvalue weighted by Crippen LogP contribution is -2.28. The number of nitrogens with one attached hydrogen (secondary N) is 1. The summed E-state index contributed by atoms with van der Waals surface area (Å²) in [7, 11) is 0. The Balaban J connectivity index is 0.000000948. The second-order valence-electron chi connectivity index (χ2n) is 7.06. The number of pyridine rings is 1. The molecular formula is C22H27N3O. The highest BCUT2D eigenvalue weighted by Gasteiger charge is 2.24. The van der Waals surface area contributed by atoms with E-state index in [9.17, 15) is 5.11 Å². The summed E-state index contributed by atoms with van der Waals surface area (Å²) in [4.78, 5) is 7.00. The number of para-hydroxylation sites is 2. The summed E-state index contributed by atoms with van der Waals surface area (Å²) in [6, 6.07) is 12.7. The standard InChI is InChI=1S/C20H25N3O.C2H2/c24-17-7-3-5-15(10-11-17)13-23-14-16-6-4-12-21-20(16)22-18-8-1-2-9-19(18)23;1-2/h1-2,4,6,8-9,12,15,17,24H,3,5,7,10-11,13-14H2,(H,21,22);1-2H. The van der Waals surface area contributed by atoms with Crippen molar-refractivity contribution in [3.05, 3.63) is 48.2 Å². The lowest BCUT2D eigenvalue weighted by molar-refractivity contribution is 0.156. The van der Waals surface area contributed by atoms with E-state index in [0.29, 0.717) is 5.92 Å². The fourth-order valence-corrected chi connectivity index (χ4v) is 3.97. The lowest BCUT2D eigenvalue weighted by Gasteiger charge is -2.29. The predicted molar refractivity (Wildman–Crippen MR) is 107 cm³/mol. The van der Waals surface area contributed by atoms with E-state index in [1.165, 1.54) is 17.7 Å². The van der Waals surface area contributed by atoms with Gasteiger partial charge >= 0.3 is 0 Å². The van der Waals surface area contributed by atoms with Gasteiger partial charge in [-0.3, -0.25) is 0 Å². The molecule has 1 aromatic carbocycles. The average molecular weight is 349 g/mol. The van der Waals surface area contributed by atoms with Crippen LogP contribution in [0.5, 0.6) is 0 Å². The van der Waals surface area contributed by atoms with Gasteiger partial charge in [0.25, 0.3) is 0 Å². The second-order valence-corrected chi connectivity index (χ2v) is 7.06. The summed E-state index contributed by atoms with van der Waals surface area (Å²) in [6.45, 7) is 1.92. The van der Waals surface area contributed by atoms with Crippen molar-refractivity contribution in [1.82, 2.24) is 4.98 Å². The van der Waals surface area contributed by atoms with Gasteiger partial charge in [0, 0.05) is 24.8 Å². The first kappa shape index (κ1) is 18.3. The molecule has 1 fully saturated rings. The van der Waals surface area contributed by atoms with Crippen LogP contribution in [0.15, 0.2) is 42.6 Å². The first-order valence-electron chi connectivity index (χ1n) is 9.36. The van der Waals surface area contributed by atoms with E-state index in [1.54, 1.807) is 0 Å². The molecule has 2 atom stereocenters. The summed E-state index contributed by atoms with van der Waals surface area (Å²) in [5.41, 5.74) is 3.62. The van der Waals surface area contributed by atoms with Crippen molar-refractivity contribution in [2.75, 3.05) is 16.8 Å². The van der Waals surface area contributed by atoms with Crippen molar-refractivity contribution in [3.8, 4) is 12.8 Å². The first-order chi connectivity index (χ1) is 12.8. The van der Waals surface area contributed by atoms with Gasteiger partial charge in [0.05, 0.1) is 17.5 Å². The smallest absolute Gasteiger partial charge is 0.135 e. The van der Waals surface area contributed by atoms with Crippen LogP contribution >= 0.6 is 0 Å². The lowest BCUT2D eigenvalue weighted by atomic mass is 9.99.